The van der Waals surface area contributed by atoms with Gasteiger partial charge in [0.15, 0.2) is 0 Å². The molecule has 1 saturated heterocycles. The maximum atomic E-state index is 12.0. The molecule has 1 aromatic rings. The van der Waals surface area contributed by atoms with E-state index in [0.717, 1.165) is 5.56 Å². The number of piperidine rings is 1. The fraction of sp³-hybridized carbons (Fsp3) is 0.526. The van der Waals surface area contributed by atoms with Crippen molar-refractivity contribution in [2.24, 2.45) is 0 Å². The third kappa shape index (κ3) is 7.46. The Morgan fingerprint density at radius 3 is 2.63 bits per heavy atom. The van der Waals surface area contributed by atoms with Crippen molar-refractivity contribution in [2.45, 2.75) is 38.6 Å². The summed E-state index contributed by atoms with van der Waals surface area (Å²) in [7, 11) is 0. The number of nitrogens with one attached hydrogen (secondary N) is 2. The van der Waals surface area contributed by atoms with Crippen molar-refractivity contribution < 1.29 is 19.1 Å². The van der Waals surface area contributed by atoms with Gasteiger partial charge in [-0.15, -0.1) is 0 Å². The number of amides is 3. The second-order valence-electron chi connectivity index (χ2n) is 6.43. The standard InChI is InChI=1S/C19H26ClN3O4/c1-2-27-19(26)23-10-7-16(8-11-23)22-18(25)13-17(24)21-9-6-14-4-3-5-15(20)12-14/h3-5,12,16H,2,6-11,13H2,1H3,(H,21,24)(H,22,25). The van der Waals surface area contributed by atoms with Gasteiger partial charge in [-0.3, -0.25) is 9.59 Å². The molecule has 1 aromatic carbocycles. The van der Waals surface area contributed by atoms with Gasteiger partial charge in [0.05, 0.1) is 6.61 Å². The molecule has 2 rings (SSSR count). The lowest BCUT2D eigenvalue weighted by Crippen LogP contribution is -2.47. The van der Waals surface area contributed by atoms with E-state index in [4.69, 9.17) is 16.3 Å². The SMILES string of the molecule is CCOC(=O)N1CCC(NC(=O)CC(=O)NCCc2cccc(Cl)c2)CC1. The van der Waals surface area contributed by atoms with Gasteiger partial charge in [-0.05, 0) is 43.9 Å². The van der Waals surface area contributed by atoms with E-state index in [9.17, 15) is 14.4 Å². The van der Waals surface area contributed by atoms with E-state index in [1.165, 1.54) is 0 Å². The number of rotatable bonds is 7. The largest absolute Gasteiger partial charge is 0.450 e. The van der Waals surface area contributed by atoms with Crippen LogP contribution in [0.2, 0.25) is 5.02 Å². The van der Waals surface area contributed by atoms with Gasteiger partial charge in [0.2, 0.25) is 11.8 Å². The first-order chi connectivity index (χ1) is 13.0. The van der Waals surface area contributed by atoms with Crippen LogP contribution in [-0.4, -0.2) is 55.1 Å². The van der Waals surface area contributed by atoms with Gasteiger partial charge in [-0.2, -0.15) is 0 Å². The molecule has 0 spiro atoms. The van der Waals surface area contributed by atoms with E-state index in [-0.39, 0.29) is 30.4 Å². The van der Waals surface area contributed by atoms with E-state index < -0.39 is 0 Å². The monoisotopic (exact) mass is 395 g/mol. The number of likely N-dealkylation sites (tertiary alicyclic amines) is 1. The van der Waals surface area contributed by atoms with Gasteiger partial charge in [0.25, 0.3) is 0 Å². The van der Waals surface area contributed by atoms with Gasteiger partial charge >= 0.3 is 6.09 Å². The van der Waals surface area contributed by atoms with Gasteiger partial charge in [0, 0.05) is 30.7 Å². The topological polar surface area (TPSA) is 87.7 Å². The molecule has 0 saturated carbocycles. The number of carbonyl (C=O) groups excluding carboxylic acids is 3. The average Bonchev–Trinajstić information content (AvgIpc) is 2.62. The zero-order valence-corrected chi connectivity index (χ0v) is 16.3. The smallest absolute Gasteiger partial charge is 0.409 e. The highest BCUT2D eigenvalue weighted by Crippen LogP contribution is 2.12. The summed E-state index contributed by atoms with van der Waals surface area (Å²) < 4.78 is 4.97. The quantitative estimate of drug-likeness (QED) is 0.692. The molecule has 0 bridgehead atoms. The second-order valence-corrected chi connectivity index (χ2v) is 6.87. The maximum Gasteiger partial charge on any atom is 0.409 e. The lowest BCUT2D eigenvalue weighted by molar-refractivity contribution is -0.129. The molecule has 3 amide bonds. The Bertz CT molecular complexity index is 660. The van der Waals surface area contributed by atoms with Crippen molar-refractivity contribution in [3.8, 4) is 0 Å². The molecule has 2 N–H and O–H groups in total. The van der Waals surface area contributed by atoms with Crippen LogP contribution in [-0.2, 0) is 20.7 Å². The zero-order chi connectivity index (χ0) is 19.6. The third-order valence-corrected chi connectivity index (χ3v) is 4.57. The summed E-state index contributed by atoms with van der Waals surface area (Å²) in [5.41, 5.74) is 1.03. The molecule has 148 valence electrons. The van der Waals surface area contributed by atoms with Crippen molar-refractivity contribution in [3.05, 3.63) is 34.9 Å². The highest BCUT2D eigenvalue weighted by atomic mass is 35.5. The number of carbonyl (C=O) groups is 3. The minimum Gasteiger partial charge on any atom is -0.450 e. The summed E-state index contributed by atoms with van der Waals surface area (Å²) in [4.78, 5) is 37.2. The van der Waals surface area contributed by atoms with Crippen molar-refractivity contribution in [1.82, 2.24) is 15.5 Å². The first-order valence-electron chi connectivity index (χ1n) is 9.20. The van der Waals surface area contributed by atoms with Crippen LogP contribution in [0.15, 0.2) is 24.3 Å². The molecule has 27 heavy (non-hydrogen) atoms. The molecule has 8 heteroatoms. The van der Waals surface area contributed by atoms with Crippen LogP contribution in [0.5, 0.6) is 0 Å². The fourth-order valence-corrected chi connectivity index (χ4v) is 3.16. The Morgan fingerprint density at radius 1 is 1.22 bits per heavy atom. The number of ether oxygens (including phenoxy) is 1. The lowest BCUT2D eigenvalue weighted by Gasteiger charge is -2.31. The van der Waals surface area contributed by atoms with Crippen LogP contribution < -0.4 is 10.6 Å². The maximum absolute atomic E-state index is 12.0. The van der Waals surface area contributed by atoms with Gasteiger partial charge < -0.3 is 20.3 Å². The summed E-state index contributed by atoms with van der Waals surface area (Å²) in [6, 6.07) is 7.42. The molecular weight excluding hydrogens is 370 g/mol. The Morgan fingerprint density at radius 2 is 1.96 bits per heavy atom. The molecular formula is C19H26ClN3O4. The second kappa shape index (κ2) is 10.8. The summed E-state index contributed by atoms with van der Waals surface area (Å²) in [6.45, 7) is 3.64. The Balaban J connectivity index is 1.62. The highest BCUT2D eigenvalue weighted by molar-refractivity contribution is 6.30. The van der Waals surface area contributed by atoms with E-state index in [1.807, 2.05) is 18.2 Å². The molecule has 1 heterocycles. The number of hydrogen-bond donors (Lipinski definition) is 2. The molecule has 1 fully saturated rings. The van der Waals surface area contributed by atoms with Crippen LogP contribution >= 0.6 is 11.6 Å². The van der Waals surface area contributed by atoms with Gasteiger partial charge in [-0.25, -0.2) is 4.79 Å². The Hall–Kier alpha value is -2.28. The summed E-state index contributed by atoms with van der Waals surface area (Å²) in [5.74, 6) is -0.608. The van der Waals surface area contributed by atoms with Crippen molar-refractivity contribution in [1.29, 1.82) is 0 Å². The fourth-order valence-electron chi connectivity index (χ4n) is 2.95. The molecule has 1 aliphatic heterocycles. The zero-order valence-electron chi connectivity index (χ0n) is 15.5. The van der Waals surface area contributed by atoms with Gasteiger partial charge in [-0.1, -0.05) is 23.7 Å². The van der Waals surface area contributed by atoms with Crippen LogP contribution in [0.25, 0.3) is 0 Å². The first-order valence-corrected chi connectivity index (χ1v) is 9.58. The van der Waals surface area contributed by atoms with Crippen LogP contribution in [0.3, 0.4) is 0 Å². The summed E-state index contributed by atoms with van der Waals surface area (Å²) in [5, 5.41) is 6.26. The predicted octanol–water partition coefficient (Wildman–Crippen LogP) is 2.13. The lowest BCUT2D eigenvalue weighted by atomic mass is 10.1. The van der Waals surface area contributed by atoms with Crippen molar-refractivity contribution in [3.63, 3.8) is 0 Å². The molecule has 1 aliphatic rings. The molecule has 0 aromatic heterocycles. The predicted molar refractivity (Wildman–Crippen MR) is 103 cm³/mol. The minimum atomic E-state index is -0.318. The van der Waals surface area contributed by atoms with E-state index in [1.54, 1.807) is 17.9 Å². The molecule has 0 atom stereocenters. The van der Waals surface area contributed by atoms with Crippen molar-refractivity contribution >= 4 is 29.5 Å². The van der Waals surface area contributed by atoms with Crippen molar-refractivity contribution in [2.75, 3.05) is 26.2 Å². The molecule has 0 unspecified atom stereocenters. The summed E-state index contributed by atoms with van der Waals surface area (Å²) >= 11 is 5.92. The Labute approximate surface area is 164 Å². The van der Waals surface area contributed by atoms with Gasteiger partial charge in [0.1, 0.15) is 6.42 Å². The molecule has 0 aliphatic carbocycles. The first kappa shape index (κ1) is 21.0. The number of benzene rings is 1. The average molecular weight is 396 g/mol. The van der Waals surface area contributed by atoms with Crippen LogP contribution in [0.1, 0.15) is 31.7 Å². The van der Waals surface area contributed by atoms with Crippen LogP contribution in [0, 0.1) is 0 Å². The highest BCUT2D eigenvalue weighted by Gasteiger charge is 2.24. The van der Waals surface area contributed by atoms with Crippen LogP contribution in [0.4, 0.5) is 4.79 Å². The van der Waals surface area contributed by atoms with E-state index >= 15 is 0 Å². The third-order valence-electron chi connectivity index (χ3n) is 4.33. The summed E-state index contributed by atoms with van der Waals surface area (Å²) in [6.07, 6.45) is 1.44. The number of nitrogens with zero attached hydrogens (tertiary/aromatic N) is 1. The Kier molecular flexibility index (Phi) is 8.39. The van der Waals surface area contributed by atoms with E-state index in [2.05, 4.69) is 10.6 Å². The van der Waals surface area contributed by atoms with E-state index in [0.29, 0.717) is 50.5 Å². The minimum absolute atomic E-state index is 0.0255. The molecule has 0 radical (unpaired) electrons. The molecule has 7 nitrogen and oxygen atoms in total. The normalized spacial score (nSPS) is 14.5. The number of halogens is 1. The number of hydrogen-bond acceptors (Lipinski definition) is 4.